The van der Waals surface area contributed by atoms with Gasteiger partial charge in [-0.25, -0.2) is 4.98 Å². The molecule has 0 saturated carbocycles. The first-order valence-corrected chi connectivity index (χ1v) is 6.70. The predicted octanol–water partition coefficient (Wildman–Crippen LogP) is 1.17. The fourth-order valence-corrected chi connectivity index (χ4v) is 2.10. The van der Waals surface area contributed by atoms with Gasteiger partial charge in [-0.3, -0.25) is 0 Å². The summed E-state index contributed by atoms with van der Waals surface area (Å²) in [5, 5.41) is 16.7. The highest BCUT2D eigenvalue weighted by Crippen LogP contribution is 2.26. The highest BCUT2D eigenvalue weighted by atomic mass is 16.5. The molecule has 2 unspecified atom stereocenters. The van der Waals surface area contributed by atoms with Crippen LogP contribution in [0, 0.1) is 6.92 Å². The molecule has 0 radical (unpaired) electrons. The Morgan fingerprint density at radius 2 is 2.32 bits per heavy atom. The molecule has 2 atom stereocenters. The van der Waals surface area contributed by atoms with Gasteiger partial charge in [0.15, 0.2) is 0 Å². The molecule has 2 heterocycles. The Labute approximate surface area is 113 Å². The SMILES string of the molecule is CCNc1ncc(C)c(NCC2(O)CCOC2C)n1. The minimum absolute atomic E-state index is 0.157. The van der Waals surface area contributed by atoms with Crippen LogP contribution in [0.3, 0.4) is 0 Å². The first-order valence-electron chi connectivity index (χ1n) is 6.70. The zero-order valence-electron chi connectivity index (χ0n) is 11.7. The maximum atomic E-state index is 10.4. The summed E-state index contributed by atoms with van der Waals surface area (Å²) in [7, 11) is 0. The molecule has 6 heteroatoms. The van der Waals surface area contributed by atoms with Gasteiger partial charge >= 0.3 is 0 Å². The van der Waals surface area contributed by atoms with Crippen LogP contribution < -0.4 is 10.6 Å². The van der Waals surface area contributed by atoms with E-state index in [9.17, 15) is 5.11 Å². The molecule has 1 aromatic rings. The number of aryl methyl sites for hydroxylation is 1. The largest absolute Gasteiger partial charge is 0.385 e. The fourth-order valence-electron chi connectivity index (χ4n) is 2.10. The molecule has 1 aromatic heterocycles. The molecule has 1 aliphatic heterocycles. The zero-order chi connectivity index (χ0) is 13.9. The van der Waals surface area contributed by atoms with Gasteiger partial charge < -0.3 is 20.5 Å². The first kappa shape index (κ1) is 14.0. The summed E-state index contributed by atoms with van der Waals surface area (Å²) >= 11 is 0. The van der Waals surface area contributed by atoms with E-state index in [0.717, 1.165) is 17.9 Å². The average Bonchev–Trinajstić information content (AvgIpc) is 2.71. The molecule has 19 heavy (non-hydrogen) atoms. The molecule has 2 rings (SSSR count). The second-order valence-corrected chi connectivity index (χ2v) is 4.98. The number of nitrogens with zero attached hydrogens (tertiary/aromatic N) is 2. The van der Waals surface area contributed by atoms with Crippen LogP contribution in [0.4, 0.5) is 11.8 Å². The van der Waals surface area contributed by atoms with Crippen molar-refractivity contribution in [2.45, 2.75) is 38.9 Å². The van der Waals surface area contributed by atoms with Crippen LogP contribution in [-0.4, -0.2) is 46.5 Å². The Hall–Kier alpha value is -1.40. The maximum Gasteiger partial charge on any atom is 0.224 e. The van der Waals surface area contributed by atoms with E-state index in [-0.39, 0.29) is 6.10 Å². The lowest BCUT2D eigenvalue weighted by Crippen LogP contribution is -2.43. The Morgan fingerprint density at radius 3 is 2.95 bits per heavy atom. The molecule has 6 nitrogen and oxygen atoms in total. The van der Waals surface area contributed by atoms with Crippen LogP contribution in [0.5, 0.6) is 0 Å². The molecular weight excluding hydrogens is 244 g/mol. The quantitative estimate of drug-likeness (QED) is 0.742. The highest BCUT2D eigenvalue weighted by molar-refractivity contribution is 5.46. The second-order valence-electron chi connectivity index (χ2n) is 4.98. The Bertz CT molecular complexity index is 441. The van der Waals surface area contributed by atoms with Crippen LogP contribution in [0.1, 0.15) is 25.8 Å². The number of hydrogen-bond donors (Lipinski definition) is 3. The normalized spacial score (nSPS) is 26.4. The molecule has 0 spiro atoms. The zero-order valence-corrected chi connectivity index (χ0v) is 11.7. The lowest BCUT2D eigenvalue weighted by Gasteiger charge is -2.26. The molecule has 0 aromatic carbocycles. The topological polar surface area (TPSA) is 79.3 Å². The van der Waals surface area contributed by atoms with E-state index in [1.54, 1.807) is 6.20 Å². The molecule has 0 amide bonds. The summed E-state index contributed by atoms with van der Waals surface area (Å²) in [5.41, 5.74) is 0.132. The van der Waals surface area contributed by atoms with Gasteiger partial charge in [-0.15, -0.1) is 0 Å². The number of aromatic nitrogens is 2. The summed E-state index contributed by atoms with van der Waals surface area (Å²) in [5.74, 6) is 1.34. The standard InChI is InChI=1S/C13H22N4O2/c1-4-14-12-15-7-9(2)11(17-12)16-8-13(18)5-6-19-10(13)3/h7,10,18H,4-6,8H2,1-3H3,(H2,14,15,16,17). The molecule has 1 aliphatic rings. The molecule has 0 aliphatic carbocycles. The summed E-state index contributed by atoms with van der Waals surface area (Å²) < 4.78 is 5.41. The molecule has 1 saturated heterocycles. The van der Waals surface area contributed by atoms with Gasteiger partial charge in [-0.1, -0.05) is 0 Å². The lowest BCUT2D eigenvalue weighted by atomic mass is 9.97. The van der Waals surface area contributed by atoms with Gasteiger partial charge in [0, 0.05) is 37.9 Å². The van der Waals surface area contributed by atoms with Crippen molar-refractivity contribution < 1.29 is 9.84 Å². The Kier molecular flexibility index (Phi) is 4.21. The van der Waals surface area contributed by atoms with E-state index in [2.05, 4.69) is 20.6 Å². The molecule has 3 N–H and O–H groups in total. The van der Waals surface area contributed by atoms with Crippen molar-refractivity contribution in [3.63, 3.8) is 0 Å². The Morgan fingerprint density at radius 1 is 1.53 bits per heavy atom. The van der Waals surface area contributed by atoms with Crippen LogP contribution in [0.25, 0.3) is 0 Å². The number of rotatable bonds is 5. The van der Waals surface area contributed by atoms with Crippen molar-refractivity contribution in [3.8, 4) is 0 Å². The van der Waals surface area contributed by atoms with Crippen molar-refractivity contribution in [2.75, 3.05) is 30.3 Å². The van der Waals surface area contributed by atoms with Crippen molar-refractivity contribution in [2.24, 2.45) is 0 Å². The van der Waals surface area contributed by atoms with E-state index in [0.29, 0.717) is 25.5 Å². The van der Waals surface area contributed by atoms with Gasteiger partial charge in [0.2, 0.25) is 5.95 Å². The molecule has 1 fully saturated rings. The summed E-state index contributed by atoms with van der Waals surface area (Å²) in [6.07, 6.45) is 2.26. The minimum Gasteiger partial charge on any atom is -0.385 e. The van der Waals surface area contributed by atoms with Crippen LogP contribution in [0.15, 0.2) is 6.20 Å². The third-order valence-corrected chi connectivity index (χ3v) is 3.53. The van der Waals surface area contributed by atoms with Crippen LogP contribution >= 0.6 is 0 Å². The third kappa shape index (κ3) is 3.13. The Balaban J connectivity index is 2.04. The van der Waals surface area contributed by atoms with Crippen molar-refractivity contribution in [3.05, 3.63) is 11.8 Å². The van der Waals surface area contributed by atoms with Gasteiger partial charge in [-0.2, -0.15) is 4.98 Å². The second kappa shape index (κ2) is 5.71. The van der Waals surface area contributed by atoms with Crippen molar-refractivity contribution in [1.29, 1.82) is 0 Å². The molecule has 0 bridgehead atoms. The average molecular weight is 266 g/mol. The number of hydrogen-bond acceptors (Lipinski definition) is 6. The molecular formula is C13H22N4O2. The molecule has 106 valence electrons. The third-order valence-electron chi connectivity index (χ3n) is 3.53. The van der Waals surface area contributed by atoms with Crippen LogP contribution in [0.2, 0.25) is 0 Å². The number of anilines is 2. The number of ether oxygens (including phenoxy) is 1. The fraction of sp³-hybridized carbons (Fsp3) is 0.692. The lowest BCUT2D eigenvalue weighted by molar-refractivity contribution is -0.0176. The van der Waals surface area contributed by atoms with Gasteiger partial charge in [0.1, 0.15) is 11.4 Å². The number of nitrogens with one attached hydrogen (secondary N) is 2. The van der Waals surface area contributed by atoms with E-state index in [4.69, 9.17) is 4.74 Å². The van der Waals surface area contributed by atoms with E-state index in [1.165, 1.54) is 0 Å². The number of aliphatic hydroxyl groups is 1. The van der Waals surface area contributed by atoms with E-state index >= 15 is 0 Å². The smallest absolute Gasteiger partial charge is 0.224 e. The minimum atomic E-state index is -0.824. The predicted molar refractivity (Wildman–Crippen MR) is 74.4 cm³/mol. The first-order chi connectivity index (χ1) is 9.05. The van der Waals surface area contributed by atoms with E-state index < -0.39 is 5.60 Å². The summed E-state index contributed by atoms with van der Waals surface area (Å²) in [6, 6.07) is 0. The van der Waals surface area contributed by atoms with Gasteiger partial charge in [0.25, 0.3) is 0 Å². The monoisotopic (exact) mass is 266 g/mol. The van der Waals surface area contributed by atoms with Crippen molar-refractivity contribution in [1.82, 2.24) is 9.97 Å². The maximum absolute atomic E-state index is 10.4. The van der Waals surface area contributed by atoms with E-state index in [1.807, 2.05) is 20.8 Å². The van der Waals surface area contributed by atoms with Gasteiger partial charge in [-0.05, 0) is 20.8 Å². The summed E-state index contributed by atoms with van der Waals surface area (Å²) in [6.45, 7) is 7.64. The van der Waals surface area contributed by atoms with Crippen molar-refractivity contribution >= 4 is 11.8 Å². The van der Waals surface area contributed by atoms with Gasteiger partial charge in [0.05, 0.1) is 6.10 Å². The van der Waals surface area contributed by atoms with Crippen LogP contribution in [-0.2, 0) is 4.74 Å². The summed E-state index contributed by atoms with van der Waals surface area (Å²) in [4.78, 5) is 8.59. The highest BCUT2D eigenvalue weighted by Gasteiger charge is 2.39.